The fraction of sp³-hybridized carbons (Fsp3) is 0.375. The van der Waals surface area contributed by atoms with E-state index in [-0.39, 0.29) is 22.6 Å². The quantitative estimate of drug-likeness (QED) is 0.588. The van der Waals surface area contributed by atoms with Gasteiger partial charge in [0.05, 0.1) is 5.69 Å². The van der Waals surface area contributed by atoms with E-state index >= 15 is 0 Å². The lowest BCUT2D eigenvalue weighted by Crippen LogP contribution is -2.38. The van der Waals surface area contributed by atoms with Gasteiger partial charge in [0, 0.05) is 18.8 Å². The highest BCUT2D eigenvalue weighted by atomic mass is 32.2. The minimum atomic E-state index is -4.73. The molecule has 1 fully saturated rings. The maximum absolute atomic E-state index is 13.4. The standard InChI is InChI=1S/C16H19F3N6O2S/c17-16(18,19)11-9-22-15(23-10-4-3-7-21-8-10)25-14(11)24-12-5-1-2-6-13(12)28(20,26)27/h1-2,5-6,9-10,21H,3-4,7-8H2,(H2,20,26,27)(H2,22,23,24,25)/t10-/m0/s1. The number of rotatable bonds is 5. The summed E-state index contributed by atoms with van der Waals surface area (Å²) >= 11 is 0. The molecule has 12 heteroatoms. The molecule has 1 saturated heterocycles. The number of hydrogen-bond donors (Lipinski definition) is 4. The number of anilines is 3. The Kier molecular flexibility index (Phi) is 5.72. The number of hydrogen-bond acceptors (Lipinski definition) is 7. The van der Waals surface area contributed by atoms with Crippen molar-refractivity contribution in [2.45, 2.75) is 30.0 Å². The molecule has 0 saturated carbocycles. The molecule has 2 aromatic rings. The summed E-state index contributed by atoms with van der Waals surface area (Å²) in [6.07, 6.45) is -2.32. The van der Waals surface area contributed by atoms with Crippen molar-refractivity contribution in [2.75, 3.05) is 23.7 Å². The molecule has 28 heavy (non-hydrogen) atoms. The number of alkyl halides is 3. The first-order chi connectivity index (χ1) is 13.1. The third-order valence-corrected chi connectivity index (χ3v) is 5.14. The Bertz CT molecular complexity index is 946. The van der Waals surface area contributed by atoms with Crippen molar-refractivity contribution in [2.24, 2.45) is 5.14 Å². The van der Waals surface area contributed by atoms with Gasteiger partial charge in [0.15, 0.2) is 0 Å². The molecule has 0 spiro atoms. The van der Waals surface area contributed by atoms with Crippen LogP contribution in [0.15, 0.2) is 35.4 Å². The van der Waals surface area contributed by atoms with Crippen LogP contribution in [0.3, 0.4) is 0 Å². The number of nitrogens with two attached hydrogens (primary N) is 1. The molecule has 1 aliphatic heterocycles. The largest absolute Gasteiger partial charge is 0.421 e. The van der Waals surface area contributed by atoms with Crippen molar-refractivity contribution < 1.29 is 21.6 Å². The number of benzene rings is 1. The van der Waals surface area contributed by atoms with E-state index in [1.807, 2.05) is 0 Å². The van der Waals surface area contributed by atoms with Crippen LogP contribution in [0.2, 0.25) is 0 Å². The summed E-state index contributed by atoms with van der Waals surface area (Å²) in [4.78, 5) is 7.35. The average Bonchev–Trinajstić information content (AvgIpc) is 2.61. The van der Waals surface area contributed by atoms with Crippen molar-refractivity contribution in [3.63, 3.8) is 0 Å². The molecule has 1 aromatic heterocycles. The summed E-state index contributed by atoms with van der Waals surface area (Å²) in [6.45, 7) is 1.52. The van der Waals surface area contributed by atoms with Gasteiger partial charge in [0.25, 0.3) is 0 Å². The number of primary sulfonamides is 1. The molecule has 152 valence electrons. The van der Waals surface area contributed by atoms with Gasteiger partial charge in [0.1, 0.15) is 16.3 Å². The highest BCUT2D eigenvalue weighted by molar-refractivity contribution is 7.89. The van der Waals surface area contributed by atoms with E-state index < -0.39 is 27.6 Å². The topological polar surface area (TPSA) is 122 Å². The van der Waals surface area contributed by atoms with Gasteiger partial charge in [-0.15, -0.1) is 0 Å². The maximum atomic E-state index is 13.4. The normalized spacial score (nSPS) is 17.9. The maximum Gasteiger partial charge on any atom is 0.421 e. The molecule has 0 radical (unpaired) electrons. The van der Waals surface area contributed by atoms with Crippen molar-refractivity contribution in [1.82, 2.24) is 15.3 Å². The second kappa shape index (κ2) is 7.89. The molecule has 1 atom stereocenters. The van der Waals surface area contributed by atoms with E-state index in [1.54, 1.807) is 0 Å². The SMILES string of the molecule is NS(=O)(=O)c1ccccc1Nc1nc(N[C@H]2CCCNC2)ncc1C(F)(F)F. The number of piperidine rings is 1. The lowest BCUT2D eigenvalue weighted by molar-refractivity contribution is -0.137. The lowest BCUT2D eigenvalue weighted by atomic mass is 10.1. The minimum absolute atomic E-state index is 0.0114. The molecule has 0 unspecified atom stereocenters. The molecule has 0 aliphatic carbocycles. The summed E-state index contributed by atoms with van der Waals surface area (Å²) in [7, 11) is -4.15. The van der Waals surface area contributed by atoms with Crippen LogP contribution in [0, 0.1) is 0 Å². The van der Waals surface area contributed by atoms with Crippen LogP contribution >= 0.6 is 0 Å². The molecule has 1 aromatic carbocycles. The van der Waals surface area contributed by atoms with Gasteiger partial charge in [-0.25, -0.2) is 18.5 Å². The Morgan fingerprint density at radius 2 is 2.00 bits per heavy atom. The van der Waals surface area contributed by atoms with Crippen molar-refractivity contribution in [3.05, 3.63) is 36.0 Å². The van der Waals surface area contributed by atoms with Gasteiger partial charge in [-0.2, -0.15) is 18.2 Å². The second-order valence-corrected chi connectivity index (χ2v) is 7.84. The molecule has 0 bridgehead atoms. The lowest BCUT2D eigenvalue weighted by Gasteiger charge is -2.24. The number of aromatic nitrogens is 2. The third kappa shape index (κ3) is 4.88. The Morgan fingerprint density at radius 1 is 1.25 bits per heavy atom. The van der Waals surface area contributed by atoms with Gasteiger partial charge < -0.3 is 16.0 Å². The predicted octanol–water partition coefficient (Wildman–Crippen LogP) is 2.05. The molecule has 1 aliphatic rings. The fourth-order valence-corrected chi connectivity index (χ4v) is 3.55. The summed E-state index contributed by atoms with van der Waals surface area (Å²) in [6, 6.07) is 5.37. The van der Waals surface area contributed by atoms with Crippen molar-refractivity contribution in [3.8, 4) is 0 Å². The van der Waals surface area contributed by atoms with E-state index in [1.165, 1.54) is 24.3 Å². The number of nitrogens with one attached hydrogen (secondary N) is 3. The molecular weight excluding hydrogens is 397 g/mol. The zero-order chi connectivity index (χ0) is 20.4. The molecule has 2 heterocycles. The second-order valence-electron chi connectivity index (χ2n) is 6.31. The zero-order valence-corrected chi connectivity index (χ0v) is 15.4. The van der Waals surface area contributed by atoms with Crippen LogP contribution < -0.4 is 21.1 Å². The van der Waals surface area contributed by atoms with Crippen LogP contribution in [0.1, 0.15) is 18.4 Å². The first-order valence-electron chi connectivity index (χ1n) is 8.45. The van der Waals surface area contributed by atoms with Gasteiger partial charge >= 0.3 is 6.18 Å². The van der Waals surface area contributed by atoms with Crippen LogP contribution in [0.5, 0.6) is 0 Å². The van der Waals surface area contributed by atoms with E-state index in [9.17, 15) is 21.6 Å². The van der Waals surface area contributed by atoms with E-state index in [0.29, 0.717) is 12.7 Å². The summed E-state index contributed by atoms with van der Waals surface area (Å²) in [5, 5.41) is 13.8. The van der Waals surface area contributed by atoms with Crippen LogP contribution in [-0.2, 0) is 16.2 Å². The summed E-state index contributed by atoms with van der Waals surface area (Å²) < 4.78 is 63.6. The Hall–Kier alpha value is -2.44. The summed E-state index contributed by atoms with van der Waals surface area (Å²) in [5.41, 5.74) is -1.23. The van der Waals surface area contributed by atoms with Gasteiger partial charge in [-0.1, -0.05) is 12.1 Å². The van der Waals surface area contributed by atoms with Crippen LogP contribution in [0.25, 0.3) is 0 Å². The number of para-hydroxylation sites is 1. The number of nitrogens with zero attached hydrogens (tertiary/aromatic N) is 2. The van der Waals surface area contributed by atoms with Gasteiger partial charge in [-0.05, 0) is 31.5 Å². The summed E-state index contributed by atoms with van der Waals surface area (Å²) in [5.74, 6) is -0.554. The third-order valence-electron chi connectivity index (χ3n) is 4.17. The Morgan fingerprint density at radius 3 is 2.64 bits per heavy atom. The fourth-order valence-electron chi connectivity index (χ4n) is 2.86. The highest BCUT2D eigenvalue weighted by Crippen LogP contribution is 2.36. The first-order valence-corrected chi connectivity index (χ1v) is 9.99. The minimum Gasteiger partial charge on any atom is -0.350 e. The van der Waals surface area contributed by atoms with Crippen molar-refractivity contribution in [1.29, 1.82) is 0 Å². The van der Waals surface area contributed by atoms with E-state index in [0.717, 1.165) is 19.4 Å². The van der Waals surface area contributed by atoms with Crippen LogP contribution in [0.4, 0.5) is 30.6 Å². The molecule has 0 amide bonds. The van der Waals surface area contributed by atoms with Gasteiger partial charge in [-0.3, -0.25) is 0 Å². The average molecular weight is 416 g/mol. The first kappa shape index (κ1) is 20.3. The van der Waals surface area contributed by atoms with Crippen molar-refractivity contribution >= 4 is 27.5 Å². The molecule has 5 N–H and O–H groups in total. The Balaban J connectivity index is 1.97. The van der Waals surface area contributed by atoms with E-state index in [4.69, 9.17) is 5.14 Å². The highest BCUT2D eigenvalue weighted by Gasteiger charge is 2.36. The predicted molar refractivity (Wildman–Crippen MR) is 97.6 cm³/mol. The monoisotopic (exact) mass is 416 g/mol. The Labute approximate surface area is 159 Å². The zero-order valence-electron chi connectivity index (χ0n) is 14.6. The van der Waals surface area contributed by atoms with Gasteiger partial charge in [0.2, 0.25) is 16.0 Å². The molecule has 8 nitrogen and oxygen atoms in total. The molecular formula is C16H19F3N6O2S. The molecule has 3 rings (SSSR count). The van der Waals surface area contributed by atoms with Crippen LogP contribution in [-0.4, -0.2) is 37.5 Å². The number of halogens is 3. The smallest absolute Gasteiger partial charge is 0.350 e. The van der Waals surface area contributed by atoms with E-state index in [2.05, 4.69) is 25.9 Å². The number of sulfonamides is 1.